The van der Waals surface area contributed by atoms with Crippen LogP contribution in [0.1, 0.15) is 31.9 Å². The van der Waals surface area contributed by atoms with Gasteiger partial charge in [-0.3, -0.25) is 9.29 Å². The maximum atomic E-state index is 12.9. The fraction of sp³-hybridized carbons (Fsp3) is 0.625. The highest BCUT2D eigenvalue weighted by molar-refractivity contribution is 5.29. The highest BCUT2D eigenvalue weighted by Crippen LogP contribution is 2.26. The molecule has 4 heteroatoms. The lowest BCUT2D eigenvalue weighted by Gasteiger charge is -2.35. The smallest absolute Gasteiger partial charge is 0.119 e. The summed E-state index contributed by atoms with van der Waals surface area (Å²) in [6.07, 6.45) is 0.736. The third-order valence-corrected chi connectivity index (χ3v) is 3.61. The van der Waals surface area contributed by atoms with Gasteiger partial charge in [-0.25, -0.2) is 0 Å². The lowest BCUT2D eigenvalue weighted by molar-refractivity contribution is 0.157. The Morgan fingerprint density at radius 1 is 1.20 bits per heavy atom. The van der Waals surface area contributed by atoms with Crippen molar-refractivity contribution in [3.63, 3.8) is 0 Å². The number of benzene rings is 1. The summed E-state index contributed by atoms with van der Waals surface area (Å²) in [6, 6.07) is 8.29. The van der Waals surface area contributed by atoms with Gasteiger partial charge in [0, 0.05) is 32.2 Å². The van der Waals surface area contributed by atoms with Crippen molar-refractivity contribution in [2.75, 3.05) is 32.9 Å². The van der Waals surface area contributed by atoms with Crippen LogP contribution in [-0.2, 0) is 0 Å². The standard InChI is InChI=1S/C16H25FN2O/c1-13(2)20-15-5-3-14(4-6-15)16(7-8-17)19-11-9-18-10-12-19/h3-6,13,16,18H,7-12H2,1-2H3/t16-/m1/s1. The monoisotopic (exact) mass is 280 g/mol. The molecular weight excluding hydrogens is 255 g/mol. The predicted molar refractivity (Wildman–Crippen MR) is 80.0 cm³/mol. The Morgan fingerprint density at radius 2 is 1.85 bits per heavy atom. The number of ether oxygens (including phenoxy) is 1. The van der Waals surface area contributed by atoms with Gasteiger partial charge < -0.3 is 10.1 Å². The van der Waals surface area contributed by atoms with E-state index in [2.05, 4.69) is 22.3 Å². The zero-order chi connectivity index (χ0) is 14.4. The normalized spacial score (nSPS) is 18.2. The van der Waals surface area contributed by atoms with Gasteiger partial charge in [-0.05, 0) is 38.0 Å². The summed E-state index contributed by atoms with van der Waals surface area (Å²) < 4.78 is 18.5. The molecule has 20 heavy (non-hydrogen) atoms. The Bertz CT molecular complexity index is 388. The van der Waals surface area contributed by atoms with Crippen molar-refractivity contribution in [3.8, 4) is 5.75 Å². The van der Waals surface area contributed by atoms with E-state index < -0.39 is 0 Å². The third kappa shape index (κ3) is 4.18. The van der Waals surface area contributed by atoms with E-state index in [0.29, 0.717) is 6.42 Å². The summed E-state index contributed by atoms with van der Waals surface area (Å²) in [4.78, 5) is 2.37. The molecule has 1 heterocycles. The first-order chi connectivity index (χ1) is 9.70. The minimum absolute atomic E-state index is 0.176. The maximum Gasteiger partial charge on any atom is 0.119 e. The van der Waals surface area contributed by atoms with E-state index in [0.717, 1.165) is 31.9 Å². The van der Waals surface area contributed by atoms with E-state index in [1.165, 1.54) is 5.56 Å². The minimum atomic E-state index is -0.279. The van der Waals surface area contributed by atoms with Crippen LogP contribution in [0.4, 0.5) is 4.39 Å². The maximum absolute atomic E-state index is 12.9. The predicted octanol–water partition coefficient (Wildman–Crippen LogP) is 2.78. The Morgan fingerprint density at radius 3 is 2.40 bits per heavy atom. The molecule has 1 atom stereocenters. The van der Waals surface area contributed by atoms with Gasteiger partial charge in [0.15, 0.2) is 0 Å². The van der Waals surface area contributed by atoms with E-state index in [1.54, 1.807) is 0 Å². The molecule has 1 N–H and O–H groups in total. The summed E-state index contributed by atoms with van der Waals surface area (Å²) in [6.45, 7) is 7.68. The summed E-state index contributed by atoms with van der Waals surface area (Å²) in [5.41, 5.74) is 1.18. The number of rotatable bonds is 6. The lowest BCUT2D eigenvalue weighted by Crippen LogP contribution is -2.45. The van der Waals surface area contributed by atoms with Crippen LogP contribution in [-0.4, -0.2) is 43.9 Å². The van der Waals surface area contributed by atoms with Gasteiger partial charge in [0.1, 0.15) is 5.75 Å². The quantitative estimate of drug-likeness (QED) is 0.867. The molecule has 112 valence electrons. The van der Waals surface area contributed by atoms with E-state index in [4.69, 9.17) is 4.74 Å². The van der Waals surface area contributed by atoms with Gasteiger partial charge in [-0.1, -0.05) is 12.1 Å². The van der Waals surface area contributed by atoms with Gasteiger partial charge >= 0.3 is 0 Å². The number of halogens is 1. The summed E-state index contributed by atoms with van der Waals surface area (Å²) in [5, 5.41) is 3.34. The molecule has 0 spiro atoms. The second kappa shape index (κ2) is 7.60. The van der Waals surface area contributed by atoms with Gasteiger partial charge in [0.2, 0.25) is 0 Å². The number of nitrogens with one attached hydrogen (secondary N) is 1. The Hall–Kier alpha value is -1.13. The zero-order valence-electron chi connectivity index (χ0n) is 12.4. The number of hydrogen-bond donors (Lipinski definition) is 1. The first kappa shape index (κ1) is 15.3. The molecule has 3 nitrogen and oxygen atoms in total. The zero-order valence-corrected chi connectivity index (χ0v) is 12.4. The molecule has 0 aliphatic carbocycles. The van der Waals surface area contributed by atoms with Crippen molar-refractivity contribution in [1.82, 2.24) is 10.2 Å². The number of hydrogen-bond acceptors (Lipinski definition) is 3. The van der Waals surface area contributed by atoms with Crippen LogP contribution in [0, 0.1) is 0 Å². The Balaban J connectivity index is 2.07. The molecule has 0 aromatic heterocycles. The van der Waals surface area contributed by atoms with Crippen LogP contribution in [0.15, 0.2) is 24.3 Å². The van der Waals surface area contributed by atoms with Crippen LogP contribution in [0.25, 0.3) is 0 Å². The van der Waals surface area contributed by atoms with Crippen LogP contribution in [0.2, 0.25) is 0 Å². The number of alkyl halides is 1. The van der Waals surface area contributed by atoms with Crippen molar-refractivity contribution >= 4 is 0 Å². The van der Waals surface area contributed by atoms with Crippen molar-refractivity contribution in [2.24, 2.45) is 0 Å². The van der Waals surface area contributed by atoms with Gasteiger partial charge in [0.25, 0.3) is 0 Å². The molecule has 1 aliphatic rings. The molecule has 0 amide bonds. The number of nitrogens with zero attached hydrogens (tertiary/aromatic N) is 1. The van der Waals surface area contributed by atoms with E-state index in [1.807, 2.05) is 26.0 Å². The van der Waals surface area contributed by atoms with Crippen molar-refractivity contribution < 1.29 is 9.13 Å². The highest BCUT2D eigenvalue weighted by atomic mass is 19.1. The van der Waals surface area contributed by atoms with Crippen LogP contribution >= 0.6 is 0 Å². The van der Waals surface area contributed by atoms with Crippen molar-refractivity contribution in [2.45, 2.75) is 32.4 Å². The number of piperazine rings is 1. The average Bonchev–Trinajstić information content (AvgIpc) is 2.46. The van der Waals surface area contributed by atoms with Gasteiger partial charge in [-0.15, -0.1) is 0 Å². The summed E-state index contributed by atoms with van der Waals surface area (Å²) >= 11 is 0. The first-order valence-electron chi connectivity index (χ1n) is 7.48. The first-order valence-corrected chi connectivity index (χ1v) is 7.48. The van der Waals surface area contributed by atoms with Crippen LogP contribution < -0.4 is 10.1 Å². The molecule has 2 rings (SSSR count). The fourth-order valence-electron chi connectivity index (χ4n) is 2.70. The Kier molecular flexibility index (Phi) is 5.80. The van der Waals surface area contributed by atoms with Crippen molar-refractivity contribution in [3.05, 3.63) is 29.8 Å². The van der Waals surface area contributed by atoms with E-state index >= 15 is 0 Å². The molecule has 1 fully saturated rings. The highest BCUT2D eigenvalue weighted by Gasteiger charge is 2.21. The molecule has 0 radical (unpaired) electrons. The molecule has 0 bridgehead atoms. The second-order valence-electron chi connectivity index (χ2n) is 5.52. The van der Waals surface area contributed by atoms with E-state index in [9.17, 15) is 4.39 Å². The van der Waals surface area contributed by atoms with Gasteiger partial charge in [0.05, 0.1) is 12.8 Å². The fourth-order valence-corrected chi connectivity index (χ4v) is 2.70. The molecule has 1 aliphatic heterocycles. The van der Waals surface area contributed by atoms with E-state index in [-0.39, 0.29) is 18.8 Å². The molecule has 1 aromatic rings. The largest absolute Gasteiger partial charge is 0.491 e. The minimum Gasteiger partial charge on any atom is -0.491 e. The molecule has 0 saturated carbocycles. The summed E-state index contributed by atoms with van der Waals surface area (Å²) in [7, 11) is 0. The lowest BCUT2D eigenvalue weighted by atomic mass is 10.0. The third-order valence-electron chi connectivity index (χ3n) is 3.61. The van der Waals surface area contributed by atoms with Crippen LogP contribution in [0.5, 0.6) is 5.75 Å². The molecular formula is C16H25FN2O. The van der Waals surface area contributed by atoms with Crippen molar-refractivity contribution in [1.29, 1.82) is 0 Å². The average molecular weight is 280 g/mol. The SMILES string of the molecule is CC(C)Oc1ccc([C@@H](CCF)N2CCNCC2)cc1. The topological polar surface area (TPSA) is 24.5 Å². The molecule has 0 unspecified atom stereocenters. The van der Waals surface area contributed by atoms with Crippen LogP contribution in [0.3, 0.4) is 0 Å². The molecule has 1 saturated heterocycles. The second-order valence-corrected chi connectivity index (χ2v) is 5.52. The summed E-state index contributed by atoms with van der Waals surface area (Å²) in [5.74, 6) is 0.878. The Labute approximate surface area is 121 Å². The van der Waals surface area contributed by atoms with Gasteiger partial charge in [-0.2, -0.15) is 0 Å². The molecule has 1 aromatic carbocycles.